The molecule has 21 heavy (non-hydrogen) atoms. The number of nitrogens with zero attached hydrogens (tertiary/aromatic N) is 2. The summed E-state index contributed by atoms with van der Waals surface area (Å²) in [6, 6.07) is 0. The van der Waals surface area contributed by atoms with Gasteiger partial charge in [0.1, 0.15) is 4.47 Å². The first-order chi connectivity index (χ1) is 9.97. The number of nitrogens with one attached hydrogen (secondary N) is 1. The van der Waals surface area contributed by atoms with Gasteiger partial charge in [-0.05, 0) is 46.5 Å². The lowest BCUT2D eigenvalue weighted by Gasteiger charge is -2.28. The maximum atomic E-state index is 12.3. The fourth-order valence-corrected chi connectivity index (χ4v) is 3.57. The minimum absolute atomic E-state index is 0.0503. The van der Waals surface area contributed by atoms with Crippen molar-refractivity contribution in [3.8, 4) is 0 Å². The number of halogens is 1. The summed E-state index contributed by atoms with van der Waals surface area (Å²) in [5.41, 5.74) is 1.16. The van der Waals surface area contributed by atoms with Crippen molar-refractivity contribution in [2.45, 2.75) is 59.4 Å². The maximum absolute atomic E-state index is 12.3. The summed E-state index contributed by atoms with van der Waals surface area (Å²) >= 11 is 3.43. The largest absolute Gasteiger partial charge is 0.382 e. The number of anilines is 1. The summed E-state index contributed by atoms with van der Waals surface area (Å²) in [4.78, 5) is 12.3. The second-order valence-corrected chi connectivity index (χ2v) is 7.46. The molecule has 118 valence electrons. The van der Waals surface area contributed by atoms with Gasteiger partial charge in [0.15, 0.2) is 0 Å². The third-order valence-electron chi connectivity index (χ3n) is 4.59. The van der Waals surface area contributed by atoms with Crippen LogP contribution in [-0.2, 0) is 6.54 Å². The topological polar surface area (TPSA) is 46.9 Å². The van der Waals surface area contributed by atoms with Crippen LogP contribution in [0.2, 0.25) is 0 Å². The Labute approximate surface area is 135 Å². The Hall–Kier alpha value is -0.840. The maximum Gasteiger partial charge on any atom is 0.283 e. The summed E-state index contributed by atoms with van der Waals surface area (Å²) in [7, 11) is 0. The third-order valence-corrected chi connectivity index (χ3v) is 5.36. The molecule has 0 saturated heterocycles. The predicted molar refractivity (Wildman–Crippen MR) is 90.7 cm³/mol. The number of hydrogen-bond acceptors (Lipinski definition) is 3. The molecule has 0 spiro atoms. The van der Waals surface area contributed by atoms with E-state index >= 15 is 0 Å². The van der Waals surface area contributed by atoms with Gasteiger partial charge in [-0.15, -0.1) is 0 Å². The molecule has 1 aromatic heterocycles. The fraction of sp³-hybridized carbons (Fsp3) is 0.750. The molecule has 0 unspecified atom stereocenters. The van der Waals surface area contributed by atoms with E-state index in [-0.39, 0.29) is 5.56 Å². The van der Waals surface area contributed by atoms with E-state index in [1.807, 2.05) is 0 Å². The molecule has 4 nitrogen and oxygen atoms in total. The van der Waals surface area contributed by atoms with E-state index in [0.29, 0.717) is 22.4 Å². The summed E-state index contributed by atoms with van der Waals surface area (Å²) in [6.45, 7) is 8.01. The van der Waals surface area contributed by atoms with Crippen LogP contribution in [0.5, 0.6) is 0 Å². The van der Waals surface area contributed by atoms with E-state index in [0.717, 1.165) is 12.2 Å². The molecule has 0 amide bonds. The van der Waals surface area contributed by atoms with Crippen LogP contribution < -0.4 is 10.9 Å². The fourth-order valence-electron chi connectivity index (χ4n) is 3.13. The Morgan fingerprint density at radius 3 is 2.67 bits per heavy atom. The van der Waals surface area contributed by atoms with Gasteiger partial charge in [0, 0.05) is 13.1 Å². The number of hydrogen-bond donors (Lipinski definition) is 1. The molecule has 1 N–H and O–H groups in total. The second-order valence-electron chi connectivity index (χ2n) is 6.67. The van der Waals surface area contributed by atoms with Crippen molar-refractivity contribution < 1.29 is 0 Å². The minimum atomic E-state index is -0.0503. The highest BCUT2D eigenvalue weighted by Gasteiger charge is 2.31. The molecule has 0 radical (unpaired) electrons. The molecule has 1 fully saturated rings. The normalized spacial score (nSPS) is 17.4. The van der Waals surface area contributed by atoms with Crippen LogP contribution in [-0.4, -0.2) is 16.3 Å². The van der Waals surface area contributed by atoms with Crippen LogP contribution in [0.25, 0.3) is 0 Å². The van der Waals surface area contributed by atoms with Gasteiger partial charge in [0.25, 0.3) is 5.56 Å². The van der Waals surface area contributed by atoms with Crippen LogP contribution >= 0.6 is 15.9 Å². The van der Waals surface area contributed by atoms with E-state index < -0.39 is 0 Å². The quantitative estimate of drug-likeness (QED) is 0.837. The van der Waals surface area contributed by atoms with Gasteiger partial charge < -0.3 is 5.32 Å². The third kappa shape index (κ3) is 3.87. The second kappa shape index (κ2) is 6.95. The molecular weight excluding hydrogens is 330 g/mol. The highest BCUT2D eigenvalue weighted by atomic mass is 79.9. The molecule has 1 heterocycles. The van der Waals surface area contributed by atoms with Gasteiger partial charge in [-0.3, -0.25) is 4.79 Å². The van der Waals surface area contributed by atoms with Gasteiger partial charge in [-0.2, -0.15) is 5.10 Å². The monoisotopic (exact) mass is 355 g/mol. The van der Waals surface area contributed by atoms with Crippen molar-refractivity contribution in [3.63, 3.8) is 0 Å². The molecular formula is C16H26BrN3O. The lowest BCUT2D eigenvalue weighted by molar-refractivity contribution is 0.306. The van der Waals surface area contributed by atoms with Crippen molar-refractivity contribution in [1.82, 2.24) is 9.78 Å². The van der Waals surface area contributed by atoms with Crippen LogP contribution in [0.15, 0.2) is 15.5 Å². The minimum Gasteiger partial charge on any atom is -0.382 e. The lowest BCUT2D eigenvalue weighted by atomic mass is 9.83. The summed E-state index contributed by atoms with van der Waals surface area (Å²) in [6.07, 6.45) is 8.18. The molecule has 1 saturated carbocycles. The SMILES string of the molecule is CCC1(CNc2cnn(CC(C)C)c(=O)c2Br)CCCC1. The van der Waals surface area contributed by atoms with Gasteiger partial charge >= 0.3 is 0 Å². The van der Waals surface area contributed by atoms with E-state index in [9.17, 15) is 4.79 Å². The average molecular weight is 356 g/mol. The molecule has 0 aliphatic heterocycles. The van der Waals surface area contributed by atoms with Crippen molar-refractivity contribution in [2.75, 3.05) is 11.9 Å². The van der Waals surface area contributed by atoms with E-state index in [4.69, 9.17) is 0 Å². The first-order valence-corrected chi connectivity index (χ1v) is 8.76. The molecule has 1 aliphatic rings. The highest BCUT2D eigenvalue weighted by molar-refractivity contribution is 9.10. The molecule has 0 aromatic carbocycles. The summed E-state index contributed by atoms with van der Waals surface area (Å²) < 4.78 is 2.13. The van der Waals surface area contributed by atoms with Crippen LogP contribution in [0, 0.1) is 11.3 Å². The molecule has 1 aromatic rings. The Kier molecular flexibility index (Phi) is 5.47. The predicted octanol–water partition coefficient (Wildman–Crippen LogP) is 4.04. The van der Waals surface area contributed by atoms with E-state index in [1.165, 1.54) is 36.8 Å². The highest BCUT2D eigenvalue weighted by Crippen LogP contribution is 2.41. The lowest BCUT2D eigenvalue weighted by Crippen LogP contribution is -2.29. The molecule has 0 atom stereocenters. The zero-order valence-electron chi connectivity index (χ0n) is 13.3. The smallest absolute Gasteiger partial charge is 0.283 e. The van der Waals surface area contributed by atoms with E-state index in [2.05, 4.69) is 47.1 Å². The summed E-state index contributed by atoms with van der Waals surface area (Å²) in [5, 5.41) is 7.73. The van der Waals surface area contributed by atoms with Gasteiger partial charge in [0.05, 0.1) is 11.9 Å². The number of rotatable bonds is 6. The standard InChI is InChI=1S/C16H26BrN3O/c1-4-16(7-5-6-8-16)11-18-13-9-19-20(10-12(2)3)15(21)14(13)17/h9,12,18H,4-8,10-11H2,1-3H3. The van der Waals surface area contributed by atoms with Crippen LogP contribution in [0.1, 0.15) is 52.9 Å². The Balaban J connectivity index is 2.11. The van der Waals surface area contributed by atoms with E-state index in [1.54, 1.807) is 6.20 Å². The first kappa shape index (κ1) is 16.5. The van der Waals surface area contributed by atoms with Crippen molar-refractivity contribution >= 4 is 21.6 Å². The van der Waals surface area contributed by atoms with Crippen molar-refractivity contribution in [2.24, 2.45) is 11.3 Å². The summed E-state index contributed by atoms with van der Waals surface area (Å²) in [5.74, 6) is 0.405. The van der Waals surface area contributed by atoms with Crippen molar-refractivity contribution in [3.05, 3.63) is 21.0 Å². The molecule has 2 rings (SSSR count). The molecule has 0 bridgehead atoms. The molecule has 5 heteroatoms. The van der Waals surface area contributed by atoms with Crippen molar-refractivity contribution in [1.29, 1.82) is 0 Å². The van der Waals surface area contributed by atoms with Gasteiger partial charge in [-0.25, -0.2) is 4.68 Å². The number of aromatic nitrogens is 2. The Morgan fingerprint density at radius 1 is 1.43 bits per heavy atom. The van der Waals surface area contributed by atoms with Gasteiger partial charge in [-0.1, -0.05) is 33.6 Å². The zero-order valence-corrected chi connectivity index (χ0v) is 14.9. The zero-order chi connectivity index (χ0) is 15.5. The van der Waals surface area contributed by atoms with Crippen LogP contribution in [0.4, 0.5) is 5.69 Å². The Bertz CT molecular complexity index is 533. The average Bonchev–Trinajstić information content (AvgIpc) is 2.92. The Morgan fingerprint density at radius 2 is 2.10 bits per heavy atom. The molecule has 1 aliphatic carbocycles. The van der Waals surface area contributed by atoms with Gasteiger partial charge in [0.2, 0.25) is 0 Å². The first-order valence-electron chi connectivity index (χ1n) is 7.97. The van der Waals surface area contributed by atoms with Crippen LogP contribution in [0.3, 0.4) is 0 Å².